The summed E-state index contributed by atoms with van der Waals surface area (Å²) >= 11 is 13.3. The Morgan fingerprint density at radius 2 is 2.04 bits per heavy atom. The number of carbonyl (C=O) groups excluding carboxylic acids is 2. The average Bonchev–Trinajstić information content (AvgIpc) is 2.89. The van der Waals surface area contributed by atoms with Gasteiger partial charge >= 0.3 is 0 Å². The van der Waals surface area contributed by atoms with Crippen molar-refractivity contribution in [3.05, 3.63) is 44.9 Å². The van der Waals surface area contributed by atoms with Gasteiger partial charge in [-0.2, -0.15) is 0 Å². The Hall–Kier alpha value is -1.63. The van der Waals surface area contributed by atoms with Crippen LogP contribution in [0, 0.1) is 6.92 Å². The molecule has 0 aliphatic carbocycles. The van der Waals surface area contributed by atoms with Crippen molar-refractivity contribution in [3.63, 3.8) is 0 Å². The molecule has 0 atom stereocenters. The molecule has 0 spiro atoms. The van der Waals surface area contributed by atoms with Gasteiger partial charge in [-0.1, -0.05) is 23.2 Å². The van der Waals surface area contributed by atoms with Crippen LogP contribution in [0.15, 0.2) is 24.4 Å². The SMILES string of the molecule is Cc1cnc(NC(=O)CN(C(=O)c2ccc(Cl)cc2Cl)C(C)C)s1. The third-order valence-corrected chi connectivity index (χ3v) is 4.60. The first kappa shape index (κ1) is 18.7. The van der Waals surface area contributed by atoms with Crippen LogP contribution in [0.4, 0.5) is 5.13 Å². The lowest BCUT2D eigenvalue weighted by Crippen LogP contribution is -2.42. The fourth-order valence-electron chi connectivity index (χ4n) is 2.03. The number of anilines is 1. The van der Waals surface area contributed by atoms with Crippen molar-refractivity contribution in [2.24, 2.45) is 0 Å². The fraction of sp³-hybridized carbons (Fsp3) is 0.312. The molecule has 8 heteroatoms. The lowest BCUT2D eigenvalue weighted by molar-refractivity contribution is -0.117. The maximum absolute atomic E-state index is 12.7. The van der Waals surface area contributed by atoms with Crippen LogP contribution in [-0.4, -0.2) is 34.3 Å². The number of amides is 2. The number of halogens is 2. The van der Waals surface area contributed by atoms with Gasteiger partial charge in [-0.25, -0.2) is 4.98 Å². The highest BCUT2D eigenvalue weighted by atomic mass is 35.5. The molecule has 0 aliphatic rings. The first-order chi connectivity index (χ1) is 11.3. The lowest BCUT2D eigenvalue weighted by Gasteiger charge is -2.26. The van der Waals surface area contributed by atoms with Crippen LogP contribution in [0.1, 0.15) is 29.1 Å². The molecule has 2 rings (SSSR count). The molecule has 2 aromatic rings. The number of thiazole rings is 1. The molecule has 0 radical (unpaired) electrons. The second kappa shape index (κ2) is 7.96. The van der Waals surface area contributed by atoms with E-state index in [4.69, 9.17) is 23.2 Å². The Morgan fingerprint density at radius 1 is 1.33 bits per heavy atom. The molecule has 1 aromatic heterocycles. The van der Waals surface area contributed by atoms with Crippen molar-refractivity contribution in [3.8, 4) is 0 Å². The van der Waals surface area contributed by atoms with E-state index >= 15 is 0 Å². The summed E-state index contributed by atoms with van der Waals surface area (Å²) in [6, 6.07) is 4.49. The van der Waals surface area contributed by atoms with Gasteiger partial charge in [0.05, 0.1) is 10.6 Å². The zero-order chi connectivity index (χ0) is 17.9. The summed E-state index contributed by atoms with van der Waals surface area (Å²) in [5.41, 5.74) is 0.313. The molecule has 0 saturated carbocycles. The minimum Gasteiger partial charge on any atom is -0.327 e. The zero-order valence-corrected chi connectivity index (χ0v) is 15.8. The molecule has 128 valence electrons. The molecule has 24 heavy (non-hydrogen) atoms. The number of hydrogen-bond acceptors (Lipinski definition) is 4. The van der Waals surface area contributed by atoms with E-state index in [1.54, 1.807) is 18.3 Å². The summed E-state index contributed by atoms with van der Waals surface area (Å²) in [6.45, 7) is 5.49. The smallest absolute Gasteiger partial charge is 0.256 e. The van der Waals surface area contributed by atoms with Crippen molar-refractivity contribution < 1.29 is 9.59 Å². The van der Waals surface area contributed by atoms with Gasteiger partial charge in [-0.15, -0.1) is 11.3 Å². The first-order valence-electron chi connectivity index (χ1n) is 7.26. The van der Waals surface area contributed by atoms with Crippen LogP contribution in [0.25, 0.3) is 0 Å². The second-order valence-corrected chi connectivity index (χ2v) is 7.55. The summed E-state index contributed by atoms with van der Waals surface area (Å²) in [6.07, 6.45) is 1.68. The Labute approximate surface area is 154 Å². The van der Waals surface area contributed by atoms with Gasteiger partial charge in [0.2, 0.25) is 5.91 Å². The van der Waals surface area contributed by atoms with Crippen molar-refractivity contribution in [2.75, 3.05) is 11.9 Å². The number of aromatic nitrogens is 1. The highest BCUT2D eigenvalue weighted by Crippen LogP contribution is 2.23. The molecule has 5 nitrogen and oxygen atoms in total. The third-order valence-electron chi connectivity index (χ3n) is 3.23. The molecule has 0 bridgehead atoms. The number of benzene rings is 1. The number of hydrogen-bond donors (Lipinski definition) is 1. The van der Waals surface area contributed by atoms with Crippen LogP contribution >= 0.6 is 34.5 Å². The molecule has 0 saturated heterocycles. The van der Waals surface area contributed by atoms with Gasteiger partial charge in [-0.05, 0) is 39.0 Å². The van der Waals surface area contributed by atoms with Crippen molar-refractivity contribution in [1.29, 1.82) is 0 Å². The number of nitrogens with one attached hydrogen (secondary N) is 1. The highest BCUT2D eigenvalue weighted by molar-refractivity contribution is 7.15. The van der Waals surface area contributed by atoms with Crippen LogP contribution < -0.4 is 5.32 Å². The average molecular weight is 386 g/mol. The third kappa shape index (κ3) is 4.69. The topological polar surface area (TPSA) is 62.3 Å². The number of nitrogens with zero attached hydrogens (tertiary/aromatic N) is 2. The molecule has 0 unspecified atom stereocenters. The zero-order valence-electron chi connectivity index (χ0n) is 13.5. The molecule has 1 aromatic carbocycles. The van der Waals surface area contributed by atoms with E-state index in [9.17, 15) is 9.59 Å². The van der Waals surface area contributed by atoms with E-state index in [-0.39, 0.29) is 29.4 Å². The Bertz CT molecular complexity index is 762. The number of aryl methyl sites for hydroxylation is 1. The standard InChI is InChI=1S/C16H17Cl2N3O2S/c1-9(2)21(8-14(22)20-16-19-7-10(3)24-16)15(23)12-5-4-11(17)6-13(12)18/h4-7,9H,8H2,1-3H3,(H,19,20,22). The largest absolute Gasteiger partial charge is 0.327 e. The molecule has 1 heterocycles. The minimum atomic E-state index is -0.322. The summed E-state index contributed by atoms with van der Waals surface area (Å²) in [5, 5.41) is 3.92. The Morgan fingerprint density at radius 3 is 2.58 bits per heavy atom. The number of carbonyl (C=O) groups is 2. The van der Waals surface area contributed by atoms with Crippen LogP contribution in [0.2, 0.25) is 10.0 Å². The predicted molar refractivity (Wildman–Crippen MR) is 98.1 cm³/mol. The van der Waals surface area contributed by atoms with Gasteiger partial charge in [-0.3, -0.25) is 9.59 Å². The van der Waals surface area contributed by atoms with Gasteiger partial charge in [0, 0.05) is 22.1 Å². The van der Waals surface area contributed by atoms with Crippen molar-refractivity contribution >= 4 is 51.5 Å². The molecular formula is C16H17Cl2N3O2S. The van der Waals surface area contributed by atoms with Crippen molar-refractivity contribution in [2.45, 2.75) is 26.8 Å². The van der Waals surface area contributed by atoms with Gasteiger partial charge < -0.3 is 10.2 Å². The van der Waals surface area contributed by atoms with E-state index in [2.05, 4.69) is 10.3 Å². The maximum Gasteiger partial charge on any atom is 0.256 e. The summed E-state index contributed by atoms with van der Waals surface area (Å²) < 4.78 is 0. The molecule has 0 aliphatic heterocycles. The molecule has 1 N–H and O–H groups in total. The first-order valence-corrected chi connectivity index (χ1v) is 8.83. The summed E-state index contributed by atoms with van der Waals surface area (Å²) in [7, 11) is 0. The second-order valence-electron chi connectivity index (χ2n) is 5.48. The minimum absolute atomic E-state index is 0.0892. The summed E-state index contributed by atoms with van der Waals surface area (Å²) in [4.78, 5) is 31.5. The van der Waals surface area contributed by atoms with E-state index in [0.717, 1.165) is 4.88 Å². The molecular weight excluding hydrogens is 369 g/mol. The van der Waals surface area contributed by atoms with E-state index < -0.39 is 0 Å². The number of rotatable bonds is 5. The fourth-order valence-corrected chi connectivity index (χ4v) is 3.20. The maximum atomic E-state index is 12.7. The molecule has 0 fully saturated rings. The predicted octanol–water partition coefficient (Wildman–Crippen LogP) is 4.25. The lowest BCUT2D eigenvalue weighted by atomic mass is 10.1. The van der Waals surface area contributed by atoms with Crippen LogP contribution in [-0.2, 0) is 4.79 Å². The van der Waals surface area contributed by atoms with Crippen molar-refractivity contribution in [1.82, 2.24) is 9.88 Å². The quantitative estimate of drug-likeness (QED) is 0.836. The van der Waals surface area contributed by atoms with E-state index in [0.29, 0.717) is 15.7 Å². The van der Waals surface area contributed by atoms with Crippen LogP contribution in [0.3, 0.4) is 0 Å². The molecule has 2 amide bonds. The summed E-state index contributed by atoms with van der Waals surface area (Å²) in [5.74, 6) is -0.631. The van der Waals surface area contributed by atoms with E-state index in [1.807, 2.05) is 20.8 Å². The van der Waals surface area contributed by atoms with Gasteiger partial charge in [0.15, 0.2) is 5.13 Å². The normalized spacial score (nSPS) is 10.8. The van der Waals surface area contributed by atoms with Gasteiger partial charge in [0.1, 0.15) is 6.54 Å². The monoisotopic (exact) mass is 385 g/mol. The van der Waals surface area contributed by atoms with E-state index in [1.165, 1.54) is 22.3 Å². The van der Waals surface area contributed by atoms with Gasteiger partial charge in [0.25, 0.3) is 5.91 Å². The van der Waals surface area contributed by atoms with Crippen LogP contribution in [0.5, 0.6) is 0 Å². The highest BCUT2D eigenvalue weighted by Gasteiger charge is 2.23. The Balaban J connectivity index is 2.13. The Kier molecular flexibility index (Phi) is 6.21.